The molecule has 0 spiro atoms. The predicted molar refractivity (Wildman–Crippen MR) is 58.3 cm³/mol. The number of carbonyl (C=O) groups excluding carboxylic acids is 2. The van der Waals surface area contributed by atoms with Crippen LogP contribution in [0.2, 0.25) is 0 Å². The molecule has 1 aromatic carbocycles. The summed E-state index contributed by atoms with van der Waals surface area (Å²) in [6.07, 6.45) is 0. The van der Waals surface area contributed by atoms with E-state index >= 15 is 0 Å². The highest BCUT2D eigenvalue weighted by Crippen LogP contribution is 2.21. The molecule has 0 aliphatic carbocycles. The maximum Gasteiger partial charge on any atom is 0.220 e. The van der Waals surface area contributed by atoms with Gasteiger partial charge in [-0.15, -0.1) is 0 Å². The molecular formula is C12H14FNO2. The van der Waals surface area contributed by atoms with E-state index in [1.807, 2.05) is 0 Å². The Morgan fingerprint density at radius 3 is 2.38 bits per heavy atom. The van der Waals surface area contributed by atoms with Gasteiger partial charge in [0.15, 0.2) is 5.78 Å². The third-order valence-corrected chi connectivity index (χ3v) is 2.43. The predicted octanol–water partition coefficient (Wildman–Crippen LogP) is 1.93. The summed E-state index contributed by atoms with van der Waals surface area (Å²) in [7, 11) is 1.53. The Morgan fingerprint density at radius 1 is 1.31 bits per heavy atom. The number of likely N-dealkylation sites (N-methyl/N-ethyl adjacent to an activating group) is 1. The first-order valence-electron chi connectivity index (χ1n) is 4.92. The van der Waals surface area contributed by atoms with Crippen LogP contribution in [0.15, 0.2) is 24.3 Å². The van der Waals surface area contributed by atoms with E-state index in [1.165, 1.54) is 44.0 Å². The first-order chi connectivity index (χ1) is 7.43. The van der Waals surface area contributed by atoms with Crippen molar-refractivity contribution < 1.29 is 14.0 Å². The van der Waals surface area contributed by atoms with E-state index in [9.17, 15) is 14.0 Å². The molecule has 4 heteroatoms. The Morgan fingerprint density at radius 2 is 1.94 bits per heavy atom. The van der Waals surface area contributed by atoms with E-state index in [1.54, 1.807) is 6.07 Å². The zero-order chi connectivity index (χ0) is 12.3. The monoisotopic (exact) mass is 223 g/mol. The largest absolute Gasteiger partial charge is 0.332 e. The fraction of sp³-hybridized carbons (Fsp3) is 0.333. The normalized spacial score (nSPS) is 12.0. The molecule has 16 heavy (non-hydrogen) atoms. The van der Waals surface area contributed by atoms with Gasteiger partial charge in [-0.3, -0.25) is 9.59 Å². The minimum absolute atomic E-state index is 0.191. The second kappa shape index (κ2) is 4.88. The Bertz CT molecular complexity index is 417. The van der Waals surface area contributed by atoms with Crippen molar-refractivity contribution in [2.45, 2.75) is 19.9 Å². The summed E-state index contributed by atoms with van der Waals surface area (Å²) < 4.78 is 13.0. The van der Waals surface area contributed by atoms with Crippen molar-refractivity contribution >= 4 is 11.7 Å². The first-order valence-corrected chi connectivity index (χ1v) is 4.92. The molecule has 0 radical (unpaired) electrons. The van der Waals surface area contributed by atoms with Gasteiger partial charge in [-0.05, 0) is 24.6 Å². The van der Waals surface area contributed by atoms with Gasteiger partial charge >= 0.3 is 0 Å². The van der Waals surface area contributed by atoms with Crippen molar-refractivity contribution in [3.63, 3.8) is 0 Å². The number of rotatable bonds is 3. The van der Waals surface area contributed by atoms with Gasteiger partial charge in [-0.25, -0.2) is 4.39 Å². The number of halogens is 1. The quantitative estimate of drug-likeness (QED) is 0.785. The van der Waals surface area contributed by atoms with Crippen LogP contribution in [0.5, 0.6) is 0 Å². The molecule has 86 valence electrons. The number of nitrogens with zero attached hydrogens (tertiary/aromatic N) is 1. The number of carbonyl (C=O) groups is 2. The molecule has 1 atom stereocenters. The molecule has 1 amide bonds. The van der Waals surface area contributed by atoms with Crippen molar-refractivity contribution in [1.29, 1.82) is 0 Å². The molecule has 0 fully saturated rings. The average Bonchev–Trinajstić information content (AvgIpc) is 2.17. The molecule has 0 N–H and O–H groups in total. The Labute approximate surface area is 93.9 Å². The van der Waals surface area contributed by atoms with Crippen LogP contribution in [-0.2, 0) is 9.59 Å². The van der Waals surface area contributed by atoms with E-state index in [2.05, 4.69) is 0 Å². The lowest BCUT2D eigenvalue weighted by Crippen LogP contribution is -2.33. The zero-order valence-electron chi connectivity index (χ0n) is 9.53. The standard InChI is InChI=1S/C12H14FNO2/c1-8(15)12(14(3)9(2)16)10-5-4-6-11(13)7-10/h4-7,12H,1-3H3. The summed E-state index contributed by atoms with van der Waals surface area (Å²) in [5, 5.41) is 0. The lowest BCUT2D eigenvalue weighted by molar-refractivity contribution is -0.135. The van der Waals surface area contributed by atoms with Crippen LogP contribution in [-0.4, -0.2) is 23.6 Å². The van der Waals surface area contributed by atoms with Crippen LogP contribution >= 0.6 is 0 Å². The molecule has 0 bridgehead atoms. The first kappa shape index (κ1) is 12.4. The number of ketones is 1. The summed E-state index contributed by atoms with van der Waals surface area (Å²) >= 11 is 0. The molecule has 1 rings (SSSR count). The zero-order valence-corrected chi connectivity index (χ0v) is 9.53. The van der Waals surface area contributed by atoms with E-state index in [0.717, 1.165) is 0 Å². The number of Topliss-reactive ketones (excluding diaryl/α,β-unsaturated/α-hetero) is 1. The lowest BCUT2D eigenvalue weighted by Gasteiger charge is -2.25. The summed E-state index contributed by atoms with van der Waals surface area (Å²) in [4.78, 5) is 24.0. The molecule has 0 aliphatic rings. The maximum atomic E-state index is 13.0. The molecule has 0 aliphatic heterocycles. The number of amides is 1. The molecule has 0 saturated carbocycles. The van der Waals surface area contributed by atoms with Crippen LogP contribution in [0.25, 0.3) is 0 Å². The lowest BCUT2D eigenvalue weighted by atomic mass is 10.0. The van der Waals surface area contributed by atoms with Crippen molar-refractivity contribution in [3.05, 3.63) is 35.6 Å². The number of benzene rings is 1. The van der Waals surface area contributed by atoms with Crippen molar-refractivity contribution in [1.82, 2.24) is 4.90 Å². The average molecular weight is 223 g/mol. The van der Waals surface area contributed by atoms with Crippen LogP contribution in [0.1, 0.15) is 25.5 Å². The van der Waals surface area contributed by atoms with Gasteiger partial charge in [-0.1, -0.05) is 12.1 Å². The minimum atomic E-state index is -0.715. The Kier molecular flexibility index (Phi) is 3.77. The molecule has 1 unspecified atom stereocenters. The highest BCUT2D eigenvalue weighted by molar-refractivity contribution is 5.87. The maximum absolute atomic E-state index is 13.0. The number of hydrogen-bond acceptors (Lipinski definition) is 2. The van der Waals surface area contributed by atoms with Gasteiger partial charge in [-0.2, -0.15) is 0 Å². The molecule has 3 nitrogen and oxygen atoms in total. The van der Waals surface area contributed by atoms with Crippen molar-refractivity contribution in [2.24, 2.45) is 0 Å². The van der Waals surface area contributed by atoms with E-state index < -0.39 is 11.9 Å². The molecular weight excluding hydrogens is 209 g/mol. The topological polar surface area (TPSA) is 37.4 Å². The van der Waals surface area contributed by atoms with E-state index in [4.69, 9.17) is 0 Å². The number of hydrogen-bond donors (Lipinski definition) is 0. The summed E-state index contributed by atoms with van der Waals surface area (Å²) in [6, 6.07) is 5.01. The van der Waals surface area contributed by atoms with Gasteiger partial charge in [0.05, 0.1) is 0 Å². The molecule has 1 aromatic rings. The van der Waals surface area contributed by atoms with Gasteiger partial charge < -0.3 is 4.90 Å². The van der Waals surface area contributed by atoms with Crippen LogP contribution in [0, 0.1) is 5.82 Å². The van der Waals surface area contributed by atoms with Gasteiger partial charge in [0.2, 0.25) is 5.91 Å². The van der Waals surface area contributed by atoms with Crippen LogP contribution < -0.4 is 0 Å². The van der Waals surface area contributed by atoms with Crippen molar-refractivity contribution in [3.8, 4) is 0 Å². The summed E-state index contributed by atoms with van der Waals surface area (Å²) in [6.45, 7) is 2.75. The third kappa shape index (κ3) is 2.66. The van der Waals surface area contributed by atoms with Gasteiger partial charge in [0, 0.05) is 14.0 Å². The minimum Gasteiger partial charge on any atom is -0.332 e. The highest BCUT2D eigenvalue weighted by Gasteiger charge is 2.23. The summed E-state index contributed by atoms with van der Waals surface area (Å²) in [5.74, 6) is -0.839. The van der Waals surface area contributed by atoms with E-state index in [0.29, 0.717) is 5.56 Å². The van der Waals surface area contributed by atoms with Crippen molar-refractivity contribution in [2.75, 3.05) is 7.05 Å². The molecule has 0 heterocycles. The van der Waals surface area contributed by atoms with Crippen LogP contribution in [0.4, 0.5) is 4.39 Å². The smallest absolute Gasteiger partial charge is 0.220 e. The van der Waals surface area contributed by atoms with Gasteiger partial charge in [0.1, 0.15) is 11.9 Å². The SMILES string of the molecule is CC(=O)C(c1cccc(F)c1)N(C)C(C)=O. The summed E-state index contributed by atoms with van der Waals surface area (Å²) in [5.41, 5.74) is 0.491. The van der Waals surface area contributed by atoms with Crippen LogP contribution in [0.3, 0.4) is 0 Å². The highest BCUT2D eigenvalue weighted by atomic mass is 19.1. The second-order valence-electron chi connectivity index (χ2n) is 3.70. The fourth-order valence-corrected chi connectivity index (χ4v) is 1.59. The molecule has 0 saturated heterocycles. The Balaban J connectivity index is 3.12. The third-order valence-electron chi connectivity index (χ3n) is 2.43. The Hall–Kier alpha value is -1.71. The molecule has 0 aromatic heterocycles. The van der Waals surface area contributed by atoms with E-state index in [-0.39, 0.29) is 11.7 Å². The fourth-order valence-electron chi connectivity index (χ4n) is 1.59. The van der Waals surface area contributed by atoms with Gasteiger partial charge in [0.25, 0.3) is 0 Å². The second-order valence-corrected chi connectivity index (χ2v) is 3.70.